The van der Waals surface area contributed by atoms with Crippen LogP contribution in [0.3, 0.4) is 0 Å². The molecule has 0 N–H and O–H groups in total. The standard InChI is InChI=1S/C13H18ClNOS/c1-15-6-4-10(5-7-15)2-3-13-12(14)8-11(9-16)17-13/h8-10H,2-7H2,1H3. The summed E-state index contributed by atoms with van der Waals surface area (Å²) >= 11 is 7.65. The second-order valence-corrected chi connectivity index (χ2v) is 6.40. The lowest BCUT2D eigenvalue weighted by atomic mass is 9.92. The highest BCUT2D eigenvalue weighted by Crippen LogP contribution is 2.30. The molecule has 1 fully saturated rings. The van der Waals surface area contributed by atoms with E-state index < -0.39 is 0 Å². The summed E-state index contributed by atoms with van der Waals surface area (Å²) < 4.78 is 0. The van der Waals surface area contributed by atoms with Gasteiger partial charge in [0.15, 0.2) is 6.29 Å². The third-order valence-electron chi connectivity index (χ3n) is 3.51. The monoisotopic (exact) mass is 271 g/mol. The maximum absolute atomic E-state index is 10.7. The molecule has 1 aromatic heterocycles. The van der Waals surface area contributed by atoms with Crippen molar-refractivity contribution in [1.29, 1.82) is 0 Å². The first-order chi connectivity index (χ1) is 8.19. The van der Waals surface area contributed by atoms with Gasteiger partial charge < -0.3 is 4.90 Å². The first-order valence-corrected chi connectivity index (χ1v) is 7.30. The molecule has 0 radical (unpaired) electrons. The number of rotatable bonds is 4. The van der Waals surface area contributed by atoms with Crippen LogP contribution in [0.4, 0.5) is 0 Å². The lowest BCUT2D eigenvalue weighted by Crippen LogP contribution is -2.30. The molecular weight excluding hydrogens is 254 g/mol. The Morgan fingerprint density at radius 2 is 2.24 bits per heavy atom. The summed E-state index contributed by atoms with van der Waals surface area (Å²) in [5.41, 5.74) is 0. The SMILES string of the molecule is CN1CCC(CCc2sc(C=O)cc2Cl)CC1. The zero-order valence-electron chi connectivity index (χ0n) is 10.1. The summed E-state index contributed by atoms with van der Waals surface area (Å²) in [6.45, 7) is 2.42. The Hall–Kier alpha value is -0.380. The van der Waals surface area contributed by atoms with Gasteiger partial charge in [0.25, 0.3) is 0 Å². The Morgan fingerprint density at radius 1 is 1.53 bits per heavy atom. The van der Waals surface area contributed by atoms with Gasteiger partial charge in [-0.15, -0.1) is 11.3 Å². The van der Waals surface area contributed by atoms with Gasteiger partial charge >= 0.3 is 0 Å². The minimum absolute atomic E-state index is 0.744. The van der Waals surface area contributed by atoms with Crippen LogP contribution < -0.4 is 0 Å². The van der Waals surface area contributed by atoms with Crippen LogP contribution in [0.5, 0.6) is 0 Å². The average Bonchev–Trinajstić information content (AvgIpc) is 2.69. The minimum Gasteiger partial charge on any atom is -0.306 e. The fourth-order valence-corrected chi connectivity index (χ4v) is 3.62. The number of carbonyl (C=O) groups is 1. The van der Waals surface area contributed by atoms with E-state index in [0.29, 0.717) is 0 Å². The third kappa shape index (κ3) is 3.54. The maximum atomic E-state index is 10.7. The highest BCUT2D eigenvalue weighted by molar-refractivity contribution is 7.14. The molecule has 1 aliphatic heterocycles. The van der Waals surface area contributed by atoms with Crippen LogP contribution >= 0.6 is 22.9 Å². The van der Waals surface area contributed by atoms with E-state index in [4.69, 9.17) is 11.6 Å². The highest BCUT2D eigenvalue weighted by Gasteiger charge is 2.17. The van der Waals surface area contributed by atoms with E-state index in [1.807, 2.05) is 0 Å². The number of hydrogen-bond acceptors (Lipinski definition) is 3. The Morgan fingerprint density at radius 3 is 2.82 bits per heavy atom. The van der Waals surface area contributed by atoms with Crippen LogP contribution in [-0.4, -0.2) is 31.3 Å². The van der Waals surface area contributed by atoms with Crippen molar-refractivity contribution >= 4 is 29.2 Å². The molecule has 1 aromatic rings. The minimum atomic E-state index is 0.744. The molecule has 0 spiro atoms. The lowest BCUT2D eigenvalue weighted by Gasteiger charge is -2.28. The predicted octanol–water partition coefficient (Wildman–Crippen LogP) is 3.49. The van der Waals surface area contributed by atoms with E-state index >= 15 is 0 Å². The van der Waals surface area contributed by atoms with Crippen LogP contribution in [0.1, 0.15) is 33.8 Å². The van der Waals surface area contributed by atoms with Gasteiger partial charge in [0.2, 0.25) is 0 Å². The summed E-state index contributed by atoms with van der Waals surface area (Å²) in [5.74, 6) is 0.823. The third-order valence-corrected chi connectivity index (χ3v) is 5.08. The Labute approximate surface area is 112 Å². The van der Waals surface area contributed by atoms with Gasteiger partial charge in [-0.1, -0.05) is 11.6 Å². The zero-order chi connectivity index (χ0) is 12.3. The molecule has 0 unspecified atom stereocenters. The number of thiophene rings is 1. The number of piperidine rings is 1. The first-order valence-electron chi connectivity index (χ1n) is 6.11. The number of aldehydes is 1. The summed E-state index contributed by atoms with van der Waals surface area (Å²) in [6, 6.07) is 1.78. The molecule has 0 bridgehead atoms. The van der Waals surface area contributed by atoms with Crippen LogP contribution in [0, 0.1) is 5.92 Å². The van der Waals surface area contributed by atoms with Crippen molar-refractivity contribution in [2.24, 2.45) is 5.92 Å². The van der Waals surface area contributed by atoms with E-state index in [1.54, 1.807) is 6.07 Å². The number of likely N-dealkylation sites (tertiary alicyclic amines) is 1. The molecule has 0 atom stereocenters. The number of aryl methyl sites for hydroxylation is 1. The molecule has 4 heteroatoms. The molecule has 94 valence electrons. The largest absolute Gasteiger partial charge is 0.306 e. The zero-order valence-corrected chi connectivity index (χ0v) is 11.7. The first kappa shape index (κ1) is 13.1. The van der Waals surface area contributed by atoms with Crippen LogP contribution in [0.15, 0.2) is 6.07 Å². The molecule has 0 amide bonds. The topological polar surface area (TPSA) is 20.3 Å². The predicted molar refractivity (Wildman–Crippen MR) is 73.3 cm³/mol. The van der Waals surface area contributed by atoms with Gasteiger partial charge in [-0.25, -0.2) is 0 Å². The number of nitrogens with zero attached hydrogens (tertiary/aromatic N) is 1. The second-order valence-electron chi connectivity index (χ2n) is 4.82. The summed E-state index contributed by atoms with van der Waals surface area (Å²) in [5, 5.41) is 0.769. The number of hydrogen-bond donors (Lipinski definition) is 0. The lowest BCUT2D eigenvalue weighted by molar-refractivity contribution is 0.112. The molecule has 1 saturated heterocycles. The molecule has 0 saturated carbocycles. The quantitative estimate of drug-likeness (QED) is 0.782. The van der Waals surface area contributed by atoms with E-state index in [1.165, 1.54) is 48.6 Å². The Bertz CT molecular complexity index is 383. The van der Waals surface area contributed by atoms with Crippen LogP contribution in [0.25, 0.3) is 0 Å². The molecule has 0 aromatic carbocycles. The van der Waals surface area contributed by atoms with Crippen molar-refractivity contribution in [3.05, 3.63) is 20.8 Å². The molecule has 0 aliphatic carbocycles. The average molecular weight is 272 g/mol. The van der Waals surface area contributed by atoms with Gasteiger partial charge in [-0.2, -0.15) is 0 Å². The molecule has 1 aliphatic rings. The Kier molecular flexibility index (Phi) is 4.60. The van der Waals surface area contributed by atoms with Crippen molar-refractivity contribution < 1.29 is 4.79 Å². The summed E-state index contributed by atoms with van der Waals surface area (Å²) in [6.07, 6.45) is 5.69. The van der Waals surface area contributed by atoms with Crippen molar-refractivity contribution in [3.63, 3.8) is 0 Å². The second kappa shape index (κ2) is 5.98. The van der Waals surface area contributed by atoms with Gasteiger partial charge in [0, 0.05) is 4.88 Å². The normalized spacial score (nSPS) is 18.5. The van der Waals surface area contributed by atoms with Crippen molar-refractivity contribution in [3.8, 4) is 0 Å². The van der Waals surface area contributed by atoms with Gasteiger partial charge in [0.05, 0.1) is 9.90 Å². The highest BCUT2D eigenvalue weighted by atomic mass is 35.5. The van der Waals surface area contributed by atoms with Crippen molar-refractivity contribution in [2.75, 3.05) is 20.1 Å². The molecular formula is C13H18ClNOS. The van der Waals surface area contributed by atoms with Gasteiger partial charge in [0.1, 0.15) is 0 Å². The van der Waals surface area contributed by atoms with Gasteiger partial charge in [-0.05, 0) is 57.8 Å². The van der Waals surface area contributed by atoms with Crippen molar-refractivity contribution in [2.45, 2.75) is 25.7 Å². The smallest absolute Gasteiger partial charge is 0.160 e. The van der Waals surface area contributed by atoms with Crippen molar-refractivity contribution in [1.82, 2.24) is 4.90 Å². The number of halogens is 1. The number of carbonyl (C=O) groups excluding carboxylic acids is 1. The maximum Gasteiger partial charge on any atom is 0.160 e. The summed E-state index contributed by atoms with van der Waals surface area (Å²) in [4.78, 5) is 15.0. The fourth-order valence-electron chi connectivity index (χ4n) is 2.34. The molecule has 2 nitrogen and oxygen atoms in total. The van der Waals surface area contributed by atoms with E-state index in [2.05, 4.69) is 11.9 Å². The molecule has 17 heavy (non-hydrogen) atoms. The Balaban J connectivity index is 1.85. The summed E-state index contributed by atoms with van der Waals surface area (Å²) in [7, 11) is 2.18. The molecule has 2 heterocycles. The van der Waals surface area contributed by atoms with Crippen LogP contribution in [0.2, 0.25) is 5.02 Å². The van der Waals surface area contributed by atoms with E-state index in [9.17, 15) is 4.79 Å². The molecule has 2 rings (SSSR count). The van der Waals surface area contributed by atoms with Gasteiger partial charge in [-0.3, -0.25) is 4.79 Å². The fraction of sp³-hybridized carbons (Fsp3) is 0.615. The van der Waals surface area contributed by atoms with Crippen LogP contribution in [-0.2, 0) is 6.42 Å². The van der Waals surface area contributed by atoms with E-state index in [0.717, 1.165) is 28.5 Å². The van der Waals surface area contributed by atoms with E-state index in [-0.39, 0.29) is 0 Å².